The lowest BCUT2D eigenvalue weighted by molar-refractivity contribution is 0.515. The van der Waals surface area contributed by atoms with E-state index in [1.54, 1.807) is 0 Å². The molecule has 0 radical (unpaired) electrons. The molecule has 1 unspecified atom stereocenters. The van der Waals surface area contributed by atoms with Crippen molar-refractivity contribution in [2.75, 3.05) is 20.6 Å². The van der Waals surface area contributed by atoms with E-state index in [2.05, 4.69) is 87.5 Å². The molecule has 2 N–H and O–H groups in total. The van der Waals surface area contributed by atoms with Gasteiger partial charge >= 0.3 is 0 Å². The molecular formula is C14H36N6Si4. The molecule has 0 aliphatic carbocycles. The van der Waals surface area contributed by atoms with Crippen LogP contribution < -0.4 is 9.30 Å². The van der Waals surface area contributed by atoms with E-state index in [1.165, 1.54) is 0 Å². The van der Waals surface area contributed by atoms with Gasteiger partial charge in [0.15, 0.2) is 39.4 Å². The molecule has 0 heterocycles. The Morgan fingerprint density at radius 3 is 2.08 bits per heavy atom. The minimum atomic E-state index is -0.506. The van der Waals surface area contributed by atoms with Crippen LogP contribution in [-0.4, -0.2) is 84.3 Å². The molecule has 0 fully saturated rings. The van der Waals surface area contributed by atoms with Crippen molar-refractivity contribution in [2.24, 2.45) is 0 Å². The second kappa shape index (κ2) is 14.3. The zero-order valence-electron chi connectivity index (χ0n) is 15.9. The number of nitrogens with zero attached hydrogens (tertiary/aromatic N) is 4. The van der Waals surface area contributed by atoms with E-state index in [-0.39, 0.29) is 9.84 Å². The fraction of sp³-hybridized carbons (Fsp3) is 0.429. The SMILES string of the molecule is C=CN(C)[SiH2]N[SiH2]N(C)C=CC(C)N(C=C)[SiH2]N[SiH2]N(C=C)CC. The molecule has 0 aromatic rings. The molecule has 6 nitrogen and oxygen atoms in total. The maximum absolute atomic E-state index is 3.97. The van der Waals surface area contributed by atoms with E-state index in [4.69, 9.17) is 0 Å². The van der Waals surface area contributed by atoms with Crippen molar-refractivity contribution in [3.8, 4) is 0 Å². The highest BCUT2D eigenvalue weighted by atomic mass is 28.3. The molecule has 0 aliphatic rings. The van der Waals surface area contributed by atoms with Gasteiger partial charge in [0.05, 0.1) is 0 Å². The fourth-order valence-electron chi connectivity index (χ4n) is 1.90. The Hall–Kier alpha value is -1.05. The first-order chi connectivity index (χ1) is 11.5. The number of hydrogen-bond acceptors (Lipinski definition) is 6. The van der Waals surface area contributed by atoms with Gasteiger partial charge in [0.25, 0.3) is 0 Å². The molecule has 0 amide bonds. The lowest BCUT2D eigenvalue weighted by Crippen LogP contribution is -2.45. The highest BCUT2D eigenvalue weighted by Crippen LogP contribution is 1.99. The summed E-state index contributed by atoms with van der Waals surface area (Å²) in [7, 11) is 2.51. The van der Waals surface area contributed by atoms with Crippen LogP contribution in [0.3, 0.4) is 0 Å². The average molecular weight is 401 g/mol. The second-order valence-electron chi connectivity index (χ2n) is 5.70. The van der Waals surface area contributed by atoms with Gasteiger partial charge in [-0.3, -0.25) is 0 Å². The molecule has 0 saturated carbocycles. The summed E-state index contributed by atoms with van der Waals surface area (Å²) in [5, 5.41) is 0. The highest BCUT2D eigenvalue weighted by molar-refractivity contribution is 6.48. The summed E-state index contributed by atoms with van der Waals surface area (Å²) in [6.07, 6.45) is 10.3. The average Bonchev–Trinajstić information content (AvgIpc) is 2.59. The molecule has 138 valence electrons. The van der Waals surface area contributed by atoms with Crippen molar-refractivity contribution in [1.29, 1.82) is 0 Å². The first-order valence-electron chi connectivity index (χ1n) is 8.36. The van der Waals surface area contributed by atoms with Crippen LogP contribution >= 0.6 is 0 Å². The van der Waals surface area contributed by atoms with Crippen molar-refractivity contribution in [3.05, 3.63) is 50.6 Å². The summed E-state index contributed by atoms with van der Waals surface area (Å²) in [5.41, 5.74) is 0. The van der Waals surface area contributed by atoms with Gasteiger partial charge in [0, 0.05) is 12.6 Å². The number of rotatable bonds is 15. The van der Waals surface area contributed by atoms with Crippen LogP contribution in [0.5, 0.6) is 0 Å². The zero-order chi connectivity index (χ0) is 18.4. The predicted octanol–water partition coefficient (Wildman–Crippen LogP) is -2.02. The molecule has 0 saturated heterocycles. The molecule has 0 aromatic carbocycles. The molecule has 0 rings (SSSR count). The van der Waals surface area contributed by atoms with Crippen molar-refractivity contribution in [1.82, 2.24) is 27.6 Å². The van der Waals surface area contributed by atoms with E-state index >= 15 is 0 Å². The Kier molecular flexibility index (Phi) is 13.7. The van der Waals surface area contributed by atoms with Crippen LogP contribution in [-0.2, 0) is 0 Å². The van der Waals surface area contributed by atoms with Gasteiger partial charge in [0.1, 0.15) is 0 Å². The van der Waals surface area contributed by atoms with Gasteiger partial charge in [-0.15, -0.1) is 0 Å². The lowest BCUT2D eigenvalue weighted by atomic mass is 10.3. The van der Waals surface area contributed by atoms with E-state index in [1.807, 2.05) is 18.6 Å². The Morgan fingerprint density at radius 2 is 1.54 bits per heavy atom. The Balaban J connectivity index is 4.18. The normalized spacial score (nSPS) is 13.8. The topological polar surface area (TPSA) is 37.0 Å². The smallest absolute Gasteiger partial charge is 0.193 e. The minimum Gasteiger partial charge on any atom is -0.400 e. The summed E-state index contributed by atoms with van der Waals surface area (Å²) < 4.78 is 16.4. The fourth-order valence-corrected chi connectivity index (χ4v) is 8.96. The Labute approximate surface area is 158 Å². The highest BCUT2D eigenvalue weighted by Gasteiger charge is 2.07. The zero-order valence-corrected chi connectivity index (χ0v) is 21.6. The van der Waals surface area contributed by atoms with Gasteiger partial charge < -0.3 is 27.6 Å². The Morgan fingerprint density at radius 1 is 0.917 bits per heavy atom. The van der Waals surface area contributed by atoms with Crippen LogP contribution in [0.2, 0.25) is 0 Å². The van der Waals surface area contributed by atoms with Gasteiger partial charge in [0.2, 0.25) is 0 Å². The maximum Gasteiger partial charge on any atom is 0.193 e. The summed E-state index contributed by atoms with van der Waals surface area (Å²) in [5.74, 6) is 0. The molecule has 0 bridgehead atoms. The van der Waals surface area contributed by atoms with E-state index in [0.29, 0.717) is 6.04 Å². The van der Waals surface area contributed by atoms with Gasteiger partial charge in [-0.2, -0.15) is 0 Å². The molecule has 0 spiro atoms. The molecule has 0 aliphatic heterocycles. The summed E-state index contributed by atoms with van der Waals surface area (Å²) in [4.78, 5) is 0. The Bertz CT molecular complexity index is 395. The van der Waals surface area contributed by atoms with Crippen LogP contribution in [0.4, 0.5) is 0 Å². The van der Waals surface area contributed by atoms with Crippen molar-refractivity contribution in [2.45, 2.75) is 19.9 Å². The molecule has 1 atom stereocenters. The molecule has 10 heteroatoms. The second-order valence-corrected chi connectivity index (χ2v) is 14.5. The quantitative estimate of drug-likeness (QED) is 0.309. The van der Waals surface area contributed by atoms with E-state index in [0.717, 1.165) is 6.54 Å². The summed E-state index contributed by atoms with van der Waals surface area (Å²) in [6, 6.07) is 0.374. The van der Waals surface area contributed by atoms with Crippen LogP contribution in [0, 0.1) is 0 Å². The molecule has 24 heavy (non-hydrogen) atoms. The third-order valence-corrected chi connectivity index (χ3v) is 11.0. The molecule has 0 aromatic heterocycles. The van der Waals surface area contributed by atoms with Gasteiger partial charge in [-0.1, -0.05) is 19.7 Å². The largest absolute Gasteiger partial charge is 0.400 e. The van der Waals surface area contributed by atoms with Crippen molar-refractivity contribution in [3.63, 3.8) is 0 Å². The molecular weight excluding hydrogens is 365 g/mol. The standard InChI is InChI=1S/C14H36N6Si4/c1-8-17(6)21-15-22-18(7)13-12-14(5)20(11-4)24-16-23-19(9-2)10-3/h8-9,11-16H,1-2,4,10,21-24H2,3,5-7H3. The number of hydrogen-bond donors (Lipinski definition) is 2. The van der Waals surface area contributed by atoms with Crippen LogP contribution in [0.1, 0.15) is 13.8 Å². The number of nitrogens with one attached hydrogen (secondary N) is 2. The maximum atomic E-state index is 3.97. The van der Waals surface area contributed by atoms with E-state index < -0.39 is 29.5 Å². The third-order valence-electron chi connectivity index (χ3n) is 3.68. The van der Waals surface area contributed by atoms with Crippen LogP contribution in [0.25, 0.3) is 0 Å². The first-order valence-corrected chi connectivity index (χ1v) is 13.7. The first kappa shape index (κ1) is 22.9. The monoisotopic (exact) mass is 400 g/mol. The van der Waals surface area contributed by atoms with Crippen molar-refractivity contribution < 1.29 is 0 Å². The lowest BCUT2D eigenvalue weighted by Gasteiger charge is -2.27. The van der Waals surface area contributed by atoms with Gasteiger partial charge in [-0.05, 0) is 58.8 Å². The predicted molar refractivity (Wildman–Crippen MR) is 119 cm³/mol. The minimum absolute atomic E-state index is 0.374. The summed E-state index contributed by atoms with van der Waals surface area (Å²) in [6.45, 7) is 17.0. The van der Waals surface area contributed by atoms with Crippen molar-refractivity contribution >= 4 is 39.4 Å². The third kappa shape index (κ3) is 10.7. The summed E-state index contributed by atoms with van der Waals surface area (Å²) >= 11 is 0. The van der Waals surface area contributed by atoms with Crippen LogP contribution in [0.15, 0.2) is 50.6 Å². The van der Waals surface area contributed by atoms with E-state index in [9.17, 15) is 0 Å². The van der Waals surface area contributed by atoms with Gasteiger partial charge in [-0.25, -0.2) is 0 Å².